The van der Waals surface area contributed by atoms with Gasteiger partial charge in [-0.25, -0.2) is 4.79 Å². The Hall–Kier alpha value is -0.990. The highest BCUT2D eigenvalue weighted by molar-refractivity contribution is 5.60. The standard InChI is InChI=1S/C45H80O3/c1-7-8-9-10-11-12-13-14-15-16-17-18-19-20-21-33-47-43(46)48-38-29-31-44(5)37(34-38)25-26-39-41-28-27-40(36(4)24-22-23-35(2)3)45(41,6)32-30-42(39)44/h25,35-36,38-42H,7-24,26-34H2,1-6H3/t36-,38+,39+,40-,41+,42+,44+,45-/m1/s1. The van der Waals surface area contributed by atoms with Crippen molar-refractivity contribution in [2.75, 3.05) is 6.61 Å². The molecule has 3 saturated carbocycles. The Labute approximate surface area is 298 Å². The molecule has 0 heterocycles. The summed E-state index contributed by atoms with van der Waals surface area (Å²) in [6, 6.07) is 0. The second-order valence-electron chi connectivity index (χ2n) is 18.3. The quantitative estimate of drug-likeness (QED) is 0.0654. The second kappa shape index (κ2) is 20.2. The summed E-state index contributed by atoms with van der Waals surface area (Å²) in [5.74, 6) is 5.17. The van der Waals surface area contributed by atoms with Crippen molar-refractivity contribution in [3.05, 3.63) is 11.6 Å². The van der Waals surface area contributed by atoms with Crippen molar-refractivity contribution in [3.63, 3.8) is 0 Å². The second-order valence-corrected chi connectivity index (χ2v) is 18.3. The maximum Gasteiger partial charge on any atom is 0.508 e. The van der Waals surface area contributed by atoms with Crippen LogP contribution in [0.1, 0.15) is 208 Å². The molecule has 4 aliphatic carbocycles. The number of ether oxygens (including phenoxy) is 2. The van der Waals surface area contributed by atoms with Gasteiger partial charge in [0.2, 0.25) is 0 Å². The number of fused-ring (bicyclic) bond motifs is 5. The van der Waals surface area contributed by atoms with Gasteiger partial charge < -0.3 is 9.47 Å². The largest absolute Gasteiger partial charge is 0.508 e. The van der Waals surface area contributed by atoms with Gasteiger partial charge in [0.15, 0.2) is 0 Å². The van der Waals surface area contributed by atoms with Crippen LogP contribution >= 0.6 is 0 Å². The Bertz CT molecular complexity index is 954. The lowest BCUT2D eigenvalue weighted by molar-refractivity contribution is -0.0617. The topological polar surface area (TPSA) is 35.5 Å². The van der Waals surface area contributed by atoms with Gasteiger partial charge in [0.05, 0.1) is 6.61 Å². The lowest BCUT2D eigenvalue weighted by Gasteiger charge is -2.58. The monoisotopic (exact) mass is 669 g/mol. The van der Waals surface area contributed by atoms with Crippen LogP contribution in [0.25, 0.3) is 0 Å². The molecule has 0 aromatic heterocycles. The van der Waals surface area contributed by atoms with Crippen molar-refractivity contribution in [1.82, 2.24) is 0 Å². The van der Waals surface area contributed by atoms with E-state index in [1.807, 2.05) is 0 Å². The first-order valence-electron chi connectivity index (χ1n) is 21.7. The minimum absolute atomic E-state index is 0.00848. The third-order valence-electron chi connectivity index (χ3n) is 14.5. The molecule has 3 heteroatoms. The van der Waals surface area contributed by atoms with Crippen LogP contribution in [0.2, 0.25) is 0 Å². The van der Waals surface area contributed by atoms with E-state index in [2.05, 4.69) is 47.6 Å². The molecule has 48 heavy (non-hydrogen) atoms. The normalized spacial score (nSPS) is 31.9. The van der Waals surface area contributed by atoms with Crippen LogP contribution in [0.15, 0.2) is 11.6 Å². The van der Waals surface area contributed by atoms with Crippen molar-refractivity contribution in [2.24, 2.45) is 46.3 Å². The molecular weight excluding hydrogens is 588 g/mol. The number of unbranched alkanes of at least 4 members (excludes halogenated alkanes) is 14. The van der Waals surface area contributed by atoms with Gasteiger partial charge in [-0.2, -0.15) is 0 Å². The average Bonchev–Trinajstić information content (AvgIpc) is 3.42. The van der Waals surface area contributed by atoms with Gasteiger partial charge in [0, 0.05) is 6.42 Å². The van der Waals surface area contributed by atoms with Crippen molar-refractivity contribution in [2.45, 2.75) is 215 Å². The Balaban J connectivity index is 1.08. The van der Waals surface area contributed by atoms with E-state index in [0.717, 1.165) is 67.6 Å². The van der Waals surface area contributed by atoms with Gasteiger partial charge in [-0.15, -0.1) is 0 Å². The third kappa shape index (κ3) is 11.0. The van der Waals surface area contributed by atoms with Crippen LogP contribution in [0, 0.1) is 46.3 Å². The number of carbonyl (C=O) groups is 1. The lowest BCUT2D eigenvalue weighted by atomic mass is 9.47. The number of allylic oxidation sites excluding steroid dienone is 1. The van der Waals surface area contributed by atoms with E-state index in [1.165, 1.54) is 135 Å². The fourth-order valence-corrected chi connectivity index (χ4v) is 11.6. The number of hydrogen-bond donors (Lipinski definition) is 0. The Morgan fingerprint density at radius 1 is 0.750 bits per heavy atom. The van der Waals surface area contributed by atoms with Crippen molar-refractivity contribution in [1.29, 1.82) is 0 Å². The summed E-state index contributed by atoms with van der Waals surface area (Å²) in [5, 5.41) is 0. The molecule has 8 atom stereocenters. The van der Waals surface area contributed by atoms with E-state index in [4.69, 9.17) is 9.47 Å². The number of hydrogen-bond acceptors (Lipinski definition) is 3. The van der Waals surface area contributed by atoms with Crippen LogP contribution in [-0.4, -0.2) is 18.9 Å². The molecule has 4 aliphatic rings. The minimum Gasteiger partial charge on any atom is -0.434 e. The Kier molecular flexibility index (Phi) is 16.7. The summed E-state index contributed by atoms with van der Waals surface area (Å²) in [4.78, 5) is 12.6. The zero-order valence-electron chi connectivity index (χ0n) is 32.9. The number of carbonyl (C=O) groups excluding carboxylic acids is 1. The molecule has 0 unspecified atom stereocenters. The van der Waals surface area contributed by atoms with Gasteiger partial charge in [-0.05, 0) is 97.7 Å². The van der Waals surface area contributed by atoms with E-state index in [9.17, 15) is 4.79 Å². The smallest absolute Gasteiger partial charge is 0.434 e. The van der Waals surface area contributed by atoms with Crippen LogP contribution < -0.4 is 0 Å². The predicted molar refractivity (Wildman–Crippen MR) is 204 cm³/mol. The number of rotatable bonds is 22. The first-order valence-corrected chi connectivity index (χ1v) is 21.7. The molecule has 0 amide bonds. The predicted octanol–water partition coefficient (Wildman–Crippen LogP) is 14.4. The highest BCUT2D eigenvalue weighted by atomic mass is 16.7. The molecule has 278 valence electrons. The Morgan fingerprint density at radius 3 is 2.00 bits per heavy atom. The molecule has 4 rings (SSSR count). The molecule has 0 N–H and O–H groups in total. The zero-order valence-corrected chi connectivity index (χ0v) is 32.9. The molecule has 0 radical (unpaired) electrons. The molecule has 0 aromatic carbocycles. The molecule has 3 fully saturated rings. The first-order chi connectivity index (χ1) is 23.2. The summed E-state index contributed by atoms with van der Waals surface area (Å²) in [7, 11) is 0. The van der Waals surface area contributed by atoms with E-state index in [0.29, 0.717) is 17.4 Å². The van der Waals surface area contributed by atoms with Gasteiger partial charge in [0.1, 0.15) is 6.10 Å². The van der Waals surface area contributed by atoms with Crippen LogP contribution in [0.5, 0.6) is 0 Å². The summed E-state index contributed by atoms with van der Waals surface area (Å²) < 4.78 is 11.5. The molecule has 0 aliphatic heterocycles. The molecular formula is C45H80O3. The summed E-state index contributed by atoms with van der Waals surface area (Å²) in [6.07, 6.45) is 36.6. The third-order valence-corrected chi connectivity index (χ3v) is 14.5. The molecule has 0 bridgehead atoms. The van der Waals surface area contributed by atoms with Gasteiger partial charge in [0.25, 0.3) is 0 Å². The van der Waals surface area contributed by atoms with E-state index in [1.54, 1.807) is 5.57 Å². The minimum atomic E-state index is -0.434. The van der Waals surface area contributed by atoms with Crippen molar-refractivity contribution >= 4 is 6.16 Å². The van der Waals surface area contributed by atoms with E-state index < -0.39 is 6.16 Å². The van der Waals surface area contributed by atoms with E-state index >= 15 is 0 Å². The summed E-state index contributed by atoms with van der Waals surface area (Å²) in [6.45, 7) is 15.4. The summed E-state index contributed by atoms with van der Waals surface area (Å²) >= 11 is 0. The van der Waals surface area contributed by atoms with Crippen molar-refractivity contribution < 1.29 is 14.3 Å². The zero-order chi connectivity index (χ0) is 34.4. The summed E-state index contributed by atoms with van der Waals surface area (Å²) in [5.41, 5.74) is 2.43. The van der Waals surface area contributed by atoms with Crippen LogP contribution in [0.3, 0.4) is 0 Å². The highest BCUT2D eigenvalue weighted by Gasteiger charge is 2.59. The fourth-order valence-electron chi connectivity index (χ4n) is 11.6. The van der Waals surface area contributed by atoms with Crippen LogP contribution in [-0.2, 0) is 9.47 Å². The maximum atomic E-state index is 12.6. The first kappa shape index (κ1) is 39.8. The van der Waals surface area contributed by atoms with Crippen LogP contribution in [0.4, 0.5) is 4.79 Å². The molecule has 0 spiro atoms. The SMILES string of the molecule is CCCCCCCCCCCCCCCCCOC(=O)O[C@H]1CC[C@@]2(C)C(=CC[C@H]3[C@@H]4CC[C@H]([C@H](C)CCCC(C)C)[C@@]4(C)CC[C@@H]32)C1. The van der Waals surface area contributed by atoms with Gasteiger partial charge in [-0.3, -0.25) is 0 Å². The highest BCUT2D eigenvalue weighted by Crippen LogP contribution is 2.67. The van der Waals surface area contributed by atoms with E-state index in [-0.39, 0.29) is 6.10 Å². The molecule has 0 saturated heterocycles. The van der Waals surface area contributed by atoms with Gasteiger partial charge >= 0.3 is 6.16 Å². The molecule has 0 aromatic rings. The van der Waals surface area contributed by atoms with Gasteiger partial charge in [-0.1, -0.05) is 162 Å². The Morgan fingerprint density at radius 2 is 1.38 bits per heavy atom. The van der Waals surface area contributed by atoms with Crippen molar-refractivity contribution in [3.8, 4) is 0 Å². The lowest BCUT2D eigenvalue weighted by Crippen LogP contribution is -2.51. The molecule has 3 nitrogen and oxygen atoms in total. The fraction of sp³-hybridized carbons (Fsp3) is 0.933. The maximum absolute atomic E-state index is 12.6. The average molecular weight is 669 g/mol.